The largest absolute Gasteiger partial charge is 0.486 e. The molecule has 0 spiro atoms. The fourth-order valence-electron chi connectivity index (χ4n) is 2.97. The number of aryl methyl sites for hydroxylation is 1. The summed E-state index contributed by atoms with van der Waals surface area (Å²) in [5.74, 6) is 3.09. The predicted molar refractivity (Wildman–Crippen MR) is 104 cm³/mol. The molecular formula is C22H28N2O. The Labute approximate surface area is 150 Å². The Hall–Kier alpha value is -2.29. The van der Waals surface area contributed by atoms with Crippen molar-refractivity contribution < 1.29 is 4.74 Å². The van der Waals surface area contributed by atoms with Gasteiger partial charge in [0, 0.05) is 6.54 Å². The maximum absolute atomic E-state index is 6.02. The number of fused-ring (bicyclic) bond motifs is 1. The number of nitrogens with zero attached hydrogens (tertiary/aromatic N) is 2. The fraction of sp³-hybridized carbons (Fsp3) is 0.409. The summed E-state index contributed by atoms with van der Waals surface area (Å²) < 4.78 is 8.32. The van der Waals surface area contributed by atoms with Crippen molar-refractivity contribution >= 4 is 11.0 Å². The summed E-state index contributed by atoms with van der Waals surface area (Å²) in [5, 5.41) is 0. The van der Waals surface area contributed by atoms with E-state index in [-0.39, 0.29) is 0 Å². The van der Waals surface area contributed by atoms with Gasteiger partial charge in [0.1, 0.15) is 18.2 Å². The van der Waals surface area contributed by atoms with Crippen molar-refractivity contribution in [3.8, 4) is 5.75 Å². The Morgan fingerprint density at radius 3 is 2.36 bits per heavy atom. The lowest BCUT2D eigenvalue weighted by Gasteiger charge is -2.12. The van der Waals surface area contributed by atoms with Gasteiger partial charge in [0.2, 0.25) is 0 Å². The molecule has 132 valence electrons. The summed E-state index contributed by atoms with van der Waals surface area (Å²) in [6, 6.07) is 16.7. The van der Waals surface area contributed by atoms with Crippen LogP contribution in [0.5, 0.6) is 5.75 Å². The molecule has 0 bridgehead atoms. The molecule has 2 aromatic carbocycles. The van der Waals surface area contributed by atoms with E-state index in [0.717, 1.165) is 30.1 Å². The van der Waals surface area contributed by atoms with Crippen LogP contribution in [0.1, 0.15) is 51.4 Å². The van der Waals surface area contributed by atoms with Crippen molar-refractivity contribution in [3.63, 3.8) is 0 Å². The molecule has 0 radical (unpaired) electrons. The van der Waals surface area contributed by atoms with Crippen molar-refractivity contribution in [2.45, 2.75) is 53.2 Å². The molecule has 3 heteroatoms. The van der Waals surface area contributed by atoms with E-state index in [1.165, 1.54) is 11.1 Å². The monoisotopic (exact) mass is 336 g/mol. The minimum atomic E-state index is 0.494. The van der Waals surface area contributed by atoms with Crippen molar-refractivity contribution in [1.82, 2.24) is 9.55 Å². The molecule has 0 aliphatic carbocycles. The first kappa shape index (κ1) is 17.5. The maximum Gasteiger partial charge on any atom is 0.147 e. The van der Waals surface area contributed by atoms with E-state index in [4.69, 9.17) is 9.72 Å². The van der Waals surface area contributed by atoms with Crippen molar-refractivity contribution in [2.24, 2.45) is 5.92 Å². The Bertz CT molecular complexity index is 816. The zero-order valence-electron chi connectivity index (χ0n) is 15.7. The van der Waals surface area contributed by atoms with Crippen LogP contribution in [-0.4, -0.2) is 9.55 Å². The van der Waals surface area contributed by atoms with E-state index in [2.05, 4.69) is 74.7 Å². The first-order valence-corrected chi connectivity index (χ1v) is 9.21. The lowest BCUT2D eigenvalue weighted by atomic mass is 10.0. The van der Waals surface area contributed by atoms with Crippen molar-refractivity contribution in [1.29, 1.82) is 0 Å². The van der Waals surface area contributed by atoms with E-state index in [1.54, 1.807) is 0 Å². The molecule has 0 N–H and O–H groups in total. The van der Waals surface area contributed by atoms with Gasteiger partial charge >= 0.3 is 0 Å². The van der Waals surface area contributed by atoms with Gasteiger partial charge in [0.05, 0.1) is 11.0 Å². The SMILES string of the molecule is CC(C)CCn1c(COc2ccc(C(C)C)cc2)nc2ccccc21. The molecule has 1 aromatic heterocycles. The van der Waals surface area contributed by atoms with Crippen LogP contribution in [0.3, 0.4) is 0 Å². The number of rotatable bonds is 7. The summed E-state index contributed by atoms with van der Waals surface area (Å²) >= 11 is 0. The average molecular weight is 336 g/mol. The Morgan fingerprint density at radius 1 is 0.960 bits per heavy atom. The van der Waals surface area contributed by atoms with E-state index in [9.17, 15) is 0 Å². The molecule has 1 heterocycles. The molecule has 3 rings (SSSR count). The van der Waals surface area contributed by atoms with Gasteiger partial charge in [-0.1, -0.05) is 52.0 Å². The summed E-state index contributed by atoms with van der Waals surface area (Å²) in [5.41, 5.74) is 3.56. The summed E-state index contributed by atoms with van der Waals surface area (Å²) in [6.07, 6.45) is 1.14. The highest BCUT2D eigenvalue weighted by molar-refractivity contribution is 5.75. The standard InChI is InChI=1S/C22H28N2O/c1-16(2)13-14-24-21-8-6-5-7-20(21)23-22(24)15-25-19-11-9-18(10-12-19)17(3)4/h5-12,16-17H,13-15H2,1-4H3. The third-order valence-electron chi connectivity index (χ3n) is 4.58. The predicted octanol–water partition coefficient (Wildman–Crippen LogP) is 5.78. The van der Waals surface area contributed by atoms with Crippen LogP contribution in [0.2, 0.25) is 0 Å². The van der Waals surface area contributed by atoms with Crippen molar-refractivity contribution in [3.05, 3.63) is 59.9 Å². The first-order valence-electron chi connectivity index (χ1n) is 9.21. The second-order valence-electron chi connectivity index (χ2n) is 7.36. The van der Waals surface area contributed by atoms with Gasteiger partial charge in [-0.3, -0.25) is 0 Å². The van der Waals surface area contributed by atoms with E-state index in [0.29, 0.717) is 18.4 Å². The normalized spacial score (nSPS) is 11.6. The molecule has 25 heavy (non-hydrogen) atoms. The molecule has 0 aliphatic rings. The quantitative estimate of drug-likeness (QED) is 0.546. The summed E-state index contributed by atoms with van der Waals surface area (Å²) in [4.78, 5) is 4.79. The van der Waals surface area contributed by atoms with Crippen LogP contribution in [0.15, 0.2) is 48.5 Å². The van der Waals surface area contributed by atoms with Gasteiger partial charge in [-0.25, -0.2) is 4.98 Å². The molecule has 0 unspecified atom stereocenters. The highest BCUT2D eigenvalue weighted by Crippen LogP contribution is 2.22. The second-order valence-corrected chi connectivity index (χ2v) is 7.36. The third kappa shape index (κ3) is 4.22. The number of aromatic nitrogens is 2. The van der Waals surface area contributed by atoms with E-state index in [1.807, 2.05) is 6.07 Å². The van der Waals surface area contributed by atoms with Gasteiger partial charge in [-0.15, -0.1) is 0 Å². The van der Waals surface area contributed by atoms with E-state index < -0.39 is 0 Å². The molecule has 0 fully saturated rings. The number of imidazole rings is 1. The second kappa shape index (κ2) is 7.73. The number of para-hydroxylation sites is 2. The minimum absolute atomic E-state index is 0.494. The van der Waals surface area contributed by atoms with Gasteiger partial charge in [-0.2, -0.15) is 0 Å². The number of ether oxygens (including phenoxy) is 1. The molecular weight excluding hydrogens is 308 g/mol. The maximum atomic E-state index is 6.02. The van der Waals surface area contributed by atoms with Crippen LogP contribution >= 0.6 is 0 Å². The Balaban J connectivity index is 1.79. The lowest BCUT2D eigenvalue weighted by Crippen LogP contribution is -2.09. The number of hydrogen-bond donors (Lipinski definition) is 0. The molecule has 0 aliphatic heterocycles. The Morgan fingerprint density at radius 2 is 1.68 bits per heavy atom. The average Bonchev–Trinajstić information content (AvgIpc) is 2.96. The minimum Gasteiger partial charge on any atom is -0.486 e. The molecule has 0 saturated heterocycles. The van der Waals surface area contributed by atoms with Crippen LogP contribution in [-0.2, 0) is 13.2 Å². The van der Waals surface area contributed by atoms with Gasteiger partial charge in [0.25, 0.3) is 0 Å². The topological polar surface area (TPSA) is 27.1 Å². The highest BCUT2D eigenvalue weighted by Gasteiger charge is 2.11. The third-order valence-corrected chi connectivity index (χ3v) is 4.58. The van der Waals surface area contributed by atoms with Gasteiger partial charge in [-0.05, 0) is 48.1 Å². The van der Waals surface area contributed by atoms with Crippen LogP contribution in [0.25, 0.3) is 11.0 Å². The highest BCUT2D eigenvalue weighted by atomic mass is 16.5. The summed E-state index contributed by atoms with van der Waals surface area (Å²) in [7, 11) is 0. The molecule has 0 amide bonds. The zero-order chi connectivity index (χ0) is 17.8. The van der Waals surface area contributed by atoms with Gasteiger partial charge < -0.3 is 9.30 Å². The van der Waals surface area contributed by atoms with Crippen LogP contribution < -0.4 is 4.74 Å². The van der Waals surface area contributed by atoms with Crippen LogP contribution in [0.4, 0.5) is 0 Å². The molecule has 3 nitrogen and oxygen atoms in total. The lowest BCUT2D eigenvalue weighted by molar-refractivity contribution is 0.288. The summed E-state index contributed by atoms with van der Waals surface area (Å²) in [6.45, 7) is 10.4. The molecule has 0 saturated carbocycles. The number of benzene rings is 2. The number of hydrogen-bond acceptors (Lipinski definition) is 2. The smallest absolute Gasteiger partial charge is 0.147 e. The Kier molecular flexibility index (Phi) is 5.42. The van der Waals surface area contributed by atoms with Crippen molar-refractivity contribution in [2.75, 3.05) is 0 Å². The molecule has 3 aromatic rings. The van der Waals surface area contributed by atoms with Gasteiger partial charge in [0.15, 0.2) is 0 Å². The molecule has 0 atom stereocenters. The van der Waals surface area contributed by atoms with Crippen LogP contribution in [0, 0.1) is 5.92 Å². The van der Waals surface area contributed by atoms with E-state index >= 15 is 0 Å². The fourth-order valence-corrected chi connectivity index (χ4v) is 2.97. The first-order chi connectivity index (χ1) is 12.0. The zero-order valence-corrected chi connectivity index (χ0v) is 15.7.